The number of ether oxygens (including phenoxy) is 3. The number of halogens is 2. The van der Waals surface area contributed by atoms with Gasteiger partial charge in [-0.1, -0.05) is 27.5 Å². The van der Waals surface area contributed by atoms with Gasteiger partial charge >= 0.3 is 5.97 Å². The Morgan fingerprint density at radius 1 is 1.22 bits per heavy atom. The topological polar surface area (TPSA) is 57.1 Å². The molecule has 0 N–H and O–H groups in total. The van der Waals surface area contributed by atoms with Crippen molar-refractivity contribution in [3.63, 3.8) is 0 Å². The Morgan fingerprint density at radius 2 is 1.93 bits per heavy atom. The maximum atomic E-state index is 12.2. The number of nitrogens with zero attached hydrogens (tertiary/aromatic N) is 1. The summed E-state index contributed by atoms with van der Waals surface area (Å²) in [5.74, 6) is 0.679. The first-order valence-corrected chi connectivity index (χ1v) is 9.37. The van der Waals surface area contributed by atoms with E-state index < -0.39 is 5.97 Å². The van der Waals surface area contributed by atoms with Crippen molar-refractivity contribution in [3.8, 4) is 11.5 Å². The highest BCUT2D eigenvalue weighted by molar-refractivity contribution is 9.10. The zero-order valence-corrected chi connectivity index (χ0v) is 17.3. The molecule has 3 rings (SSSR count). The van der Waals surface area contributed by atoms with E-state index in [1.54, 1.807) is 18.2 Å². The normalized spacial score (nSPS) is 15.1. The second-order valence-electron chi connectivity index (χ2n) is 6.04. The number of esters is 1. The van der Waals surface area contributed by atoms with Crippen LogP contribution in [0.5, 0.6) is 11.5 Å². The zero-order chi connectivity index (χ0) is 19.6. The molecule has 2 aromatic rings. The summed E-state index contributed by atoms with van der Waals surface area (Å²) >= 11 is 9.70. The number of hydrogen-bond acceptors (Lipinski definition) is 5. The number of rotatable bonds is 5. The van der Waals surface area contributed by atoms with Gasteiger partial charge < -0.3 is 14.2 Å². The number of carbonyl (C=O) groups is 1. The third-order valence-electron chi connectivity index (χ3n) is 3.62. The summed E-state index contributed by atoms with van der Waals surface area (Å²) < 4.78 is 17.3. The fraction of sp³-hybridized carbons (Fsp3) is 0.200. The molecule has 0 saturated carbocycles. The van der Waals surface area contributed by atoms with Gasteiger partial charge in [0, 0.05) is 10.0 Å². The van der Waals surface area contributed by atoms with Crippen molar-refractivity contribution in [2.45, 2.75) is 20.0 Å². The lowest BCUT2D eigenvalue weighted by Gasteiger charge is -2.15. The van der Waals surface area contributed by atoms with E-state index in [2.05, 4.69) is 20.9 Å². The van der Waals surface area contributed by atoms with E-state index in [4.69, 9.17) is 25.8 Å². The minimum atomic E-state index is -0.523. The summed E-state index contributed by atoms with van der Waals surface area (Å²) in [7, 11) is 1.53. The predicted octanol–water partition coefficient (Wildman–Crippen LogP) is 5.24. The minimum absolute atomic E-state index is 0.0523. The molecule has 0 aromatic heterocycles. The molecule has 0 bridgehead atoms. The van der Waals surface area contributed by atoms with Crippen molar-refractivity contribution in [2.24, 2.45) is 4.99 Å². The summed E-state index contributed by atoms with van der Waals surface area (Å²) in [6.45, 7) is 3.80. The lowest BCUT2D eigenvalue weighted by molar-refractivity contribution is -0.129. The number of hydrogen-bond donors (Lipinski definition) is 0. The maximum absolute atomic E-state index is 12.2. The minimum Gasteiger partial charge on any atom is -0.493 e. The van der Waals surface area contributed by atoms with Crippen LogP contribution in [0.15, 0.2) is 51.6 Å². The molecule has 0 aliphatic carbocycles. The average molecular weight is 451 g/mol. The van der Waals surface area contributed by atoms with Crippen molar-refractivity contribution in [1.29, 1.82) is 0 Å². The molecule has 5 nitrogen and oxygen atoms in total. The van der Waals surface area contributed by atoms with Crippen LogP contribution >= 0.6 is 27.5 Å². The van der Waals surface area contributed by atoms with Crippen LogP contribution in [-0.4, -0.2) is 25.1 Å². The van der Waals surface area contributed by atoms with Crippen LogP contribution in [0.2, 0.25) is 5.02 Å². The van der Waals surface area contributed by atoms with Gasteiger partial charge in [0.25, 0.3) is 0 Å². The van der Waals surface area contributed by atoms with Gasteiger partial charge in [0.2, 0.25) is 5.90 Å². The summed E-state index contributed by atoms with van der Waals surface area (Å²) in [5, 5.41) is 0.387. The number of cyclic esters (lactones) is 1. The quantitative estimate of drug-likeness (QED) is 0.461. The van der Waals surface area contributed by atoms with Gasteiger partial charge in [-0.15, -0.1) is 0 Å². The van der Waals surface area contributed by atoms with Crippen LogP contribution in [0, 0.1) is 0 Å². The fourth-order valence-electron chi connectivity index (χ4n) is 2.46. The molecule has 0 amide bonds. The molecule has 0 unspecified atom stereocenters. The second-order valence-corrected chi connectivity index (χ2v) is 7.37. The van der Waals surface area contributed by atoms with Crippen LogP contribution < -0.4 is 9.47 Å². The highest BCUT2D eigenvalue weighted by Crippen LogP contribution is 2.38. The highest BCUT2D eigenvalue weighted by atomic mass is 79.9. The van der Waals surface area contributed by atoms with Gasteiger partial charge in [-0.25, -0.2) is 9.79 Å². The van der Waals surface area contributed by atoms with E-state index in [9.17, 15) is 4.79 Å². The van der Waals surface area contributed by atoms with Crippen molar-refractivity contribution in [2.75, 3.05) is 7.11 Å². The Bertz CT molecular complexity index is 936. The third-order valence-corrected chi connectivity index (χ3v) is 4.43. The molecule has 1 heterocycles. The molecule has 2 aromatic carbocycles. The molecule has 0 saturated heterocycles. The Hall–Kier alpha value is -2.31. The first-order chi connectivity index (χ1) is 12.9. The van der Waals surface area contributed by atoms with Gasteiger partial charge in [-0.2, -0.15) is 0 Å². The van der Waals surface area contributed by atoms with Crippen molar-refractivity contribution in [3.05, 3.63) is 62.7 Å². The van der Waals surface area contributed by atoms with Crippen molar-refractivity contribution >= 4 is 45.5 Å². The monoisotopic (exact) mass is 449 g/mol. The Kier molecular flexibility index (Phi) is 5.87. The molecule has 140 valence electrons. The molecule has 7 heteroatoms. The SMILES string of the molecule is COc1cc(/C=C2\N=C(c3ccc(Br)cc3)OC2=O)cc(Cl)c1OC(C)C. The first-order valence-electron chi connectivity index (χ1n) is 8.20. The Morgan fingerprint density at radius 3 is 2.56 bits per heavy atom. The highest BCUT2D eigenvalue weighted by Gasteiger charge is 2.24. The van der Waals surface area contributed by atoms with Crippen LogP contribution in [0.3, 0.4) is 0 Å². The van der Waals surface area contributed by atoms with E-state index in [-0.39, 0.29) is 17.7 Å². The number of carbonyl (C=O) groups excluding carboxylic acids is 1. The summed E-state index contributed by atoms with van der Waals surface area (Å²) in [6, 6.07) is 10.8. The molecule has 0 radical (unpaired) electrons. The average Bonchev–Trinajstić information content (AvgIpc) is 2.98. The molecule has 27 heavy (non-hydrogen) atoms. The molecule has 0 fully saturated rings. The third kappa shape index (κ3) is 4.51. The molecule has 1 aliphatic heterocycles. The zero-order valence-electron chi connectivity index (χ0n) is 15.0. The lowest BCUT2D eigenvalue weighted by atomic mass is 10.1. The number of benzene rings is 2. The first kappa shape index (κ1) is 19.5. The largest absolute Gasteiger partial charge is 0.493 e. The number of aliphatic imine (C=N–C) groups is 1. The van der Waals surface area contributed by atoms with Crippen LogP contribution in [0.4, 0.5) is 0 Å². The van der Waals surface area contributed by atoms with E-state index in [1.165, 1.54) is 7.11 Å². The van der Waals surface area contributed by atoms with E-state index in [0.717, 1.165) is 4.47 Å². The van der Waals surface area contributed by atoms with Crippen LogP contribution in [0.25, 0.3) is 6.08 Å². The molecular weight excluding hydrogens is 434 g/mol. The maximum Gasteiger partial charge on any atom is 0.363 e. The van der Waals surface area contributed by atoms with E-state index in [0.29, 0.717) is 27.6 Å². The summed E-state index contributed by atoms with van der Waals surface area (Å²) in [6.07, 6.45) is 1.55. The Balaban J connectivity index is 1.95. The second kappa shape index (κ2) is 8.15. The van der Waals surface area contributed by atoms with E-state index >= 15 is 0 Å². The van der Waals surface area contributed by atoms with Gasteiger partial charge in [-0.3, -0.25) is 0 Å². The van der Waals surface area contributed by atoms with Gasteiger partial charge in [0.1, 0.15) is 0 Å². The summed E-state index contributed by atoms with van der Waals surface area (Å²) in [4.78, 5) is 16.5. The molecule has 0 atom stereocenters. The summed E-state index contributed by atoms with van der Waals surface area (Å²) in [5.41, 5.74) is 1.55. The standard InChI is InChI=1S/C20H17BrClNO4/c1-11(2)26-18-15(22)8-12(10-17(18)25-3)9-16-20(24)27-19(23-16)13-4-6-14(21)7-5-13/h4-11H,1-3H3/b16-9-. The Labute approximate surface area is 170 Å². The molecular formula is C20H17BrClNO4. The van der Waals surface area contributed by atoms with Gasteiger partial charge in [0.15, 0.2) is 17.2 Å². The van der Waals surface area contributed by atoms with E-state index in [1.807, 2.05) is 38.1 Å². The number of methoxy groups -OCH3 is 1. The van der Waals surface area contributed by atoms with Crippen LogP contribution in [-0.2, 0) is 9.53 Å². The van der Waals surface area contributed by atoms with Crippen LogP contribution in [0.1, 0.15) is 25.0 Å². The molecule has 0 spiro atoms. The smallest absolute Gasteiger partial charge is 0.363 e. The van der Waals surface area contributed by atoms with Crippen molar-refractivity contribution in [1.82, 2.24) is 0 Å². The fourth-order valence-corrected chi connectivity index (χ4v) is 2.98. The molecule has 1 aliphatic rings. The lowest BCUT2D eigenvalue weighted by Crippen LogP contribution is -2.07. The van der Waals surface area contributed by atoms with Gasteiger partial charge in [-0.05, 0) is 61.9 Å². The predicted molar refractivity (Wildman–Crippen MR) is 109 cm³/mol. The van der Waals surface area contributed by atoms with Crippen molar-refractivity contribution < 1.29 is 19.0 Å². The van der Waals surface area contributed by atoms with Gasteiger partial charge in [0.05, 0.1) is 18.2 Å².